The van der Waals surface area contributed by atoms with Gasteiger partial charge in [0.25, 0.3) is 0 Å². The molecule has 1 fully saturated rings. The molecule has 0 aromatic carbocycles. The summed E-state index contributed by atoms with van der Waals surface area (Å²) in [5.41, 5.74) is 0.869. The van der Waals surface area contributed by atoms with E-state index in [1.807, 2.05) is 6.07 Å². The maximum atomic E-state index is 9.64. The number of hydrogen-bond donors (Lipinski definition) is 2. The molecule has 2 atom stereocenters. The molecule has 17 heavy (non-hydrogen) atoms. The quantitative estimate of drug-likeness (QED) is 0.830. The molecule has 0 bridgehead atoms. The van der Waals surface area contributed by atoms with E-state index in [1.165, 1.54) is 12.8 Å². The molecule has 0 radical (unpaired) electrons. The van der Waals surface area contributed by atoms with Crippen LogP contribution in [0.15, 0.2) is 18.6 Å². The molecule has 1 aromatic heterocycles. The number of aromatic nitrogens is 2. The van der Waals surface area contributed by atoms with Gasteiger partial charge in [-0.2, -0.15) is 0 Å². The number of nitrogens with one attached hydrogen (secondary N) is 1. The second-order valence-electron chi connectivity index (χ2n) is 5.19. The van der Waals surface area contributed by atoms with E-state index in [0.29, 0.717) is 12.5 Å². The van der Waals surface area contributed by atoms with Crippen molar-refractivity contribution in [2.24, 2.45) is 5.92 Å². The van der Waals surface area contributed by atoms with Crippen molar-refractivity contribution < 1.29 is 5.11 Å². The smallest absolute Gasteiger partial charge is 0.115 e. The van der Waals surface area contributed by atoms with E-state index in [9.17, 15) is 5.11 Å². The van der Waals surface area contributed by atoms with E-state index in [4.69, 9.17) is 0 Å². The van der Waals surface area contributed by atoms with Gasteiger partial charge in [0.2, 0.25) is 0 Å². The third-order valence-electron chi connectivity index (χ3n) is 3.68. The lowest BCUT2D eigenvalue weighted by Gasteiger charge is -2.39. The lowest BCUT2D eigenvalue weighted by atomic mass is 9.77. The molecule has 1 aliphatic carbocycles. The van der Waals surface area contributed by atoms with E-state index < -0.39 is 0 Å². The fraction of sp³-hybridized carbons (Fsp3) is 0.692. The minimum atomic E-state index is -0.109. The molecule has 2 N–H and O–H groups in total. The molecule has 94 valence electrons. The zero-order chi connectivity index (χ0) is 12.1. The van der Waals surface area contributed by atoms with Gasteiger partial charge in [-0.15, -0.1) is 0 Å². The molecule has 0 amide bonds. The Morgan fingerprint density at radius 3 is 3.12 bits per heavy atom. The second kappa shape index (κ2) is 5.56. The Bertz CT molecular complexity index is 344. The Hall–Kier alpha value is -1.00. The summed E-state index contributed by atoms with van der Waals surface area (Å²) in [4.78, 5) is 8.09. The molecule has 0 aliphatic heterocycles. The van der Waals surface area contributed by atoms with Crippen LogP contribution >= 0.6 is 0 Å². The highest BCUT2D eigenvalue weighted by Gasteiger charge is 2.33. The van der Waals surface area contributed by atoms with Crippen molar-refractivity contribution in [2.75, 3.05) is 6.61 Å². The van der Waals surface area contributed by atoms with Crippen molar-refractivity contribution in [3.63, 3.8) is 0 Å². The molecular weight excluding hydrogens is 214 g/mol. The first-order chi connectivity index (χ1) is 8.24. The van der Waals surface area contributed by atoms with Crippen LogP contribution in [0.2, 0.25) is 0 Å². The Balaban J connectivity index is 1.95. The van der Waals surface area contributed by atoms with Crippen LogP contribution < -0.4 is 5.32 Å². The van der Waals surface area contributed by atoms with Crippen LogP contribution in [-0.2, 0) is 6.54 Å². The lowest BCUT2D eigenvalue weighted by Crippen LogP contribution is -2.51. The lowest BCUT2D eigenvalue weighted by molar-refractivity contribution is 0.0979. The van der Waals surface area contributed by atoms with Crippen LogP contribution in [0.5, 0.6) is 0 Å². The highest BCUT2D eigenvalue weighted by molar-refractivity contribution is 5.00. The van der Waals surface area contributed by atoms with Crippen LogP contribution in [0.3, 0.4) is 0 Å². The molecule has 4 heteroatoms. The normalized spacial score (nSPS) is 29.2. The summed E-state index contributed by atoms with van der Waals surface area (Å²) in [6.45, 7) is 3.17. The van der Waals surface area contributed by atoms with E-state index in [-0.39, 0.29) is 12.1 Å². The monoisotopic (exact) mass is 235 g/mol. The van der Waals surface area contributed by atoms with Gasteiger partial charge in [-0.3, -0.25) is 0 Å². The van der Waals surface area contributed by atoms with Crippen LogP contribution in [0.25, 0.3) is 0 Å². The first-order valence-electron chi connectivity index (χ1n) is 6.35. The van der Waals surface area contributed by atoms with Crippen LogP contribution in [-0.4, -0.2) is 27.2 Å². The number of hydrogen-bond acceptors (Lipinski definition) is 4. The summed E-state index contributed by atoms with van der Waals surface area (Å²) in [6, 6.07) is 1.91. The zero-order valence-corrected chi connectivity index (χ0v) is 10.4. The maximum Gasteiger partial charge on any atom is 0.115 e. The molecule has 1 saturated carbocycles. The number of nitrogens with zero attached hydrogens (tertiary/aromatic N) is 2. The van der Waals surface area contributed by atoms with Crippen molar-refractivity contribution in [1.82, 2.24) is 15.3 Å². The third kappa shape index (κ3) is 3.23. The standard InChI is InChI=1S/C13H21N3O/c1-11-3-2-5-13(7-11,9-17)16-8-12-4-6-14-10-15-12/h4,6,10-11,16-17H,2-3,5,7-9H2,1H3. The molecule has 1 aliphatic rings. The average molecular weight is 235 g/mol. The second-order valence-corrected chi connectivity index (χ2v) is 5.19. The fourth-order valence-electron chi connectivity index (χ4n) is 2.72. The Morgan fingerprint density at radius 2 is 2.47 bits per heavy atom. The molecule has 2 rings (SSSR count). The summed E-state index contributed by atoms with van der Waals surface area (Å²) in [5.74, 6) is 0.689. The van der Waals surface area contributed by atoms with Crippen molar-refractivity contribution in [1.29, 1.82) is 0 Å². The molecule has 2 unspecified atom stereocenters. The van der Waals surface area contributed by atoms with Gasteiger partial charge in [-0.1, -0.05) is 19.8 Å². The summed E-state index contributed by atoms with van der Waals surface area (Å²) < 4.78 is 0. The molecule has 1 heterocycles. The molecule has 4 nitrogen and oxygen atoms in total. The van der Waals surface area contributed by atoms with Crippen molar-refractivity contribution in [2.45, 2.75) is 44.7 Å². The Morgan fingerprint density at radius 1 is 1.59 bits per heavy atom. The SMILES string of the molecule is CC1CCCC(CO)(NCc2ccncn2)C1. The van der Waals surface area contributed by atoms with Crippen molar-refractivity contribution in [3.8, 4) is 0 Å². The number of rotatable bonds is 4. The molecule has 1 aromatic rings. The summed E-state index contributed by atoms with van der Waals surface area (Å²) in [6.07, 6.45) is 7.88. The summed E-state index contributed by atoms with van der Waals surface area (Å²) in [5, 5.41) is 13.1. The van der Waals surface area contributed by atoms with Crippen LogP contribution in [0.1, 0.15) is 38.3 Å². The topological polar surface area (TPSA) is 58.0 Å². The minimum absolute atomic E-state index is 0.109. The van der Waals surface area contributed by atoms with Gasteiger partial charge in [0.05, 0.1) is 12.3 Å². The van der Waals surface area contributed by atoms with E-state index >= 15 is 0 Å². The van der Waals surface area contributed by atoms with Gasteiger partial charge in [0.15, 0.2) is 0 Å². The number of aliphatic hydroxyl groups is 1. The van der Waals surface area contributed by atoms with Crippen molar-refractivity contribution in [3.05, 3.63) is 24.3 Å². The van der Waals surface area contributed by atoms with Crippen LogP contribution in [0.4, 0.5) is 0 Å². The van der Waals surface area contributed by atoms with E-state index in [2.05, 4.69) is 22.2 Å². The highest BCUT2D eigenvalue weighted by atomic mass is 16.3. The van der Waals surface area contributed by atoms with Gasteiger partial charge in [-0.25, -0.2) is 9.97 Å². The molecular formula is C13H21N3O. The Kier molecular flexibility index (Phi) is 4.07. The van der Waals surface area contributed by atoms with Crippen LogP contribution in [0, 0.1) is 5.92 Å². The molecule has 0 saturated heterocycles. The van der Waals surface area contributed by atoms with Gasteiger partial charge in [-0.05, 0) is 24.8 Å². The predicted molar refractivity (Wildman–Crippen MR) is 66.3 cm³/mol. The first-order valence-corrected chi connectivity index (χ1v) is 6.35. The third-order valence-corrected chi connectivity index (χ3v) is 3.68. The Labute approximate surface area is 102 Å². The van der Waals surface area contributed by atoms with Gasteiger partial charge in [0.1, 0.15) is 6.33 Å². The largest absolute Gasteiger partial charge is 0.394 e. The van der Waals surface area contributed by atoms with E-state index in [1.54, 1.807) is 12.5 Å². The highest BCUT2D eigenvalue weighted by Crippen LogP contribution is 2.32. The fourth-order valence-corrected chi connectivity index (χ4v) is 2.72. The predicted octanol–water partition coefficient (Wildman–Crippen LogP) is 1.51. The van der Waals surface area contributed by atoms with Gasteiger partial charge < -0.3 is 10.4 Å². The van der Waals surface area contributed by atoms with Gasteiger partial charge in [0, 0.05) is 18.3 Å². The molecule has 0 spiro atoms. The van der Waals surface area contributed by atoms with E-state index in [0.717, 1.165) is 18.5 Å². The number of aliphatic hydroxyl groups excluding tert-OH is 1. The van der Waals surface area contributed by atoms with Gasteiger partial charge >= 0.3 is 0 Å². The zero-order valence-electron chi connectivity index (χ0n) is 10.4. The minimum Gasteiger partial charge on any atom is -0.394 e. The maximum absolute atomic E-state index is 9.64. The first kappa shape index (κ1) is 12.5. The summed E-state index contributed by atoms with van der Waals surface area (Å²) in [7, 11) is 0. The average Bonchev–Trinajstić information content (AvgIpc) is 2.38. The van der Waals surface area contributed by atoms with Crippen molar-refractivity contribution >= 4 is 0 Å². The summed E-state index contributed by atoms with van der Waals surface area (Å²) >= 11 is 0.